The highest BCUT2D eigenvalue weighted by Crippen LogP contribution is 2.26. The van der Waals surface area contributed by atoms with Crippen molar-refractivity contribution in [1.82, 2.24) is 4.90 Å². The molecule has 118 valence electrons. The van der Waals surface area contributed by atoms with Crippen LogP contribution in [-0.2, 0) is 6.54 Å². The Morgan fingerprint density at radius 1 is 1.43 bits per heavy atom. The quantitative estimate of drug-likeness (QED) is 0.823. The molecule has 0 bridgehead atoms. The molecular weight excluding hydrogens is 266 g/mol. The molecule has 1 aliphatic carbocycles. The highest BCUT2D eigenvalue weighted by molar-refractivity contribution is 5.86. The molecule has 1 heterocycles. The van der Waals surface area contributed by atoms with E-state index in [0.717, 1.165) is 18.8 Å². The minimum absolute atomic E-state index is 0.0835. The number of hydrogen-bond acceptors (Lipinski definition) is 3. The Labute approximate surface area is 127 Å². The second kappa shape index (κ2) is 7.12. The lowest BCUT2D eigenvalue weighted by molar-refractivity contribution is 0.0656. The van der Waals surface area contributed by atoms with Gasteiger partial charge in [-0.1, -0.05) is 26.7 Å². The average Bonchev–Trinajstić information content (AvgIpc) is 3.03. The van der Waals surface area contributed by atoms with E-state index in [4.69, 9.17) is 9.52 Å². The Bertz CT molecular complexity index is 472. The van der Waals surface area contributed by atoms with Crippen molar-refractivity contribution in [3.63, 3.8) is 0 Å². The third kappa shape index (κ3) is 4.34. The van der Waals surface area contributed by atoms with Crippen molar-refractivity contribution in [2.45, 2.75) is 65.5 Å². The molecule has 1 fully saturated rings. The van der Waals surface area contributed by atoms with Crippen molar-refractivity contribution in [3.8, 4) is 0 Å². The van der Waals surface area contributed by atoms with E-state index in [2.05, 4.69) is 18.7 Å². The van der Waals surface area contributed by atoms with Gasteiger partial charge in [0.05, 0.1) is 6.54 Å². The minimum atomic E-state index is -0.978. The molecule has 0 atom stereocenters. The number of carboxylic acid groups (broad SMARTS) is 1. The number of aromatic carboxylic acids is 1. The van der Waals surface area contributed by atoms with E-state index < -0.39 is 5.97 Å². The van der Waals surface area contributed by atoms with Crippen LogP contribution in [0.3, 0.4) is 0 Å². The van der Waals surface area contributed by atoms with E-state index in [0.29, 0.717) is 17.5 Å². The van der Waals surface area contributed by atoms with Crippen molar-refractivity contribution in [1.29, 1.82) is 0 Å². The number of carbonyl (C=O) groups is 1. The topological polar surface area (TPSA) is 53.7 Å². The van der Waals surface area contributed by atoms with Gasteiger partial charge in [-0.3, -0.25) is 4.90 Å². The van der Waals surface area contributed by atoms with Gasteiger partial charge in [0.15, 0.2) is 0 Å². The Hall–Kier alpha value is -1.29. The zero-order chi connectivity index (χ0) is 15.4. The molecule has 4 nitrogen and oxygen atoms in total. The van der Waals surface area contributed by atoms with Gasteiger partial charge in [-0.25, -0.2) is 4.79 Å². The molecule has 0 radical (unpaired) electrons. The maximum atomic E-state index is 11.1. The highest BCUT2D eigenvalue weighted by atomic mass is 16.4. The van der Waals surface area contributed by atoms with Crippen molar-refractivity contribution in [2.24, 2.45) is 5.92 Å². The molecule has 21 heavy (non-hydrogen) atoms. The number of rotatable bonds is 7. The van der Waals surface area contributed by atoms with Crippen LogP contribution in [0.5, 0.6) is 0 Å². The van der Waals surface area contributed by atoms with Crippen LogP contribution in [0.4, 0.5) is 0 Å². The molecule has 1 N–H and O–H groups in total. The number of nitrogens with zero attached hydrogens (tertiary/aromatic N) is 1. The van der Waals surface area contributed by atoms with Crippen LogP contribution >= 0.6 is 0 Å². The van der Waals surface area contributed by atoms with Crippen molar-refractivity contribution in [2.75, 3.05) is 6.54 Å². The number of carboxylic acids is 1. The second-order valence-electron chi connectivity index (χ2n) is 6.62. The normalized spacial score (nSPS) is 16.2. The third-order valence-electron chi connectivity index (χ3n) is 4.36. The fourth-order valence-electron chi connectivity index (χ4n) is 3.12. The van der Waals surface area contributed by atoms with Crippen LogP contribution in [0.15, 0.2) is 10.5 Å². The summed E-state index contributed by atoms with van der Waals surface area (Å²) in [4.78, 5) is 13.6. The van der Waals surface area contributed by atoms with Gasteiger partial charge in [-0.2, -0.15) is 0 Å². The van der Waals surface area contributed by atoms with Crippen LogP contribution in [0.2, 0.25) is 0 Å². The average molecular weight is 293 g/mol. The molecule has 1 aromatic rings. The highest BCUT2D eigenvalue weighted by Gasteiger charge is 2.24. The first-order valence-electron chi connectivity index (χ1n) is 8.04. The monoisotopic (exact) mass is 293 g/mol. The van der Waals surface area contributed by atoms with Gasteiger partial charge in [0, 0.05) is 11.6 Å². The molecule has 4 heteroatoms. The van der Waals surface area contributed by atoms with Gasteiger partial charge < -0.3 is 9.52 Å². The first-order chi connectivity index (χ1) is 9.97. The van der Waals surface area contributed by atoms with Crippen LogP contribution < -0.4 is 0 Å². The van der Waals surface area contributed by atoms with Gasteiger partial charge in [-0.15, -0.1) is 0 Å². The molecule has 0 aliphatic heterocycles. The van der Waals surface area contributed by atoms with Gasteiger partial charge in [0.2, 0.25) is 5.76 Å². The van der Waals surface area contributed by atoms with Crippen molar-refractivity contribution < 1.29 is 14.3 Å². The van der Waals surface area contributed by atoms with Crippen LogP contribution in [0.1, 0.15) is 67.8 Å². The smallest absolute Gasteiger partial charge is 0.372 e. The molecular formula is C17H27NO3. The summed E-state index contributed by atoms with van der Waals surface area (Å²) in [5.41, 5.74) is 0.715. The first-order valence-corrected chi connectivity index (χ1v) is 8.04. The van der Waals surface area contributed by atoms with E-state index in [1.807, 2.05) is 6.07 Å². The lowest BCUT2D eigenvalue weighted by Gasteiger charge is -2.28. The summed E-state index contributed by atoms with van der Waals surface area (Å²) < 4.78 is 5.53. The summed E-state index contributed by atoms with van der Waals surface area (Å²) in [5.74, 6) is 0.566. The molecule has 1 saturated carbocycles. The Kier molecular flexibility index (Phi) is 5.45. The molecule has 0 unspecified atom stereocenters. The van der Waals surface area contributed by atoms with Gasteiger partial charge >= 0.3 is 5.97 Å². The fraction of sp³-hybridized carbons (Fsp3) is 0.706. The van der Waals surface area contributed by atoms with Gasteiger partial charge in [0.1, 0.15) is 5.76 Å². The van der Waals surface area contributed by atoms with Crippen LogP contribution in [0, 0.1) is 12.8 Å². The molecule has 0 amide bonds. The summed E-state index contributed by atoms with van der Waals surface area (Å²) >= 11 is 0. The molecule has 0 saturated heterocycles. The largest absolute Gasteiger partial charge is 0.475 e. The van der Waals surface area contributed by atoms with E-state index in [-0.39, 0.29) is 5.76 Å². The van der Waals surface area contributed by atoms with Crippen molar-refractivity contribution in [3.05, 3.63) is 23.2 Å². The molecule has 0 aromatic carbocycles. The maximum Gasteiger partial charge on any atom is 0.372 e. The first kappa shape index (κ1) is 16.1. The Morgan fingerprint density at radius 2 is 2.10 bits per heavy atom. The summed E-state index contributed by atoms with van der Waals surface area (Å²) in [5, 5.41) is 9.09. The maximum absolute atomic E-state index is 11.1. The fourth-order valence-corrected chi connectivity index (χ4v) is 3.12. The summed E-state index contributed by atoms with van der Waals surface area (Å²) in [6.45, 7) is 8.07. The van der Waals surface area contributed by atoms with E-state index in [9.17, 15) is 4.79 Å². The van der Waals surface area contributed by atoms with E-state index in [1.54, 1.807) is 6.92 Å². The SMILES string of the molecule is Cc1cc(CN(CCC(C)C)C2CCCC2)oc1C(=O)O. The lowest BCUT2D eigenvalue weighted by Crippen LogP contribution is -2.34. The summed E-state index contributed by atoms with van der Waals surface area (Å²) in [6, 6.07) is 2.50. The molecule has 0 spiro atoms. The standard InChI is InChI=1S/C17H27NO3/c1-12(2)8-9-18(14-6-4-5-7-14)11-15-10-13(3)16(21-15)17(19)20/h10,12,14H,4-9,11H2,1-3H3,(H,19,20). The van der Waals surface area contributed by atoms with Crippen LogP contribution in [-0.4, -0.2) is 28.6 Å². The predicted octanol–water partition coefficient (Wildman–Crippen LogP) is 4.08. The van der Waals surface area contributed by atoms with Gasteiger partial charge in [-0.05, 0) is 44.7 Å². The van der Waals surface area contributed by atoms with Crippen LogP contribution in [0.25, 0.3) is 0 Å². The molecule has 1 aliphatic rings. The van der Waals surface area contributed by atoms with E-state index in [1.165, 1.54) is 32.1 Å². The Balaban J connectivity index is 2.06. The second-order valence-corrected chi connectivity index (χ2v) is 6.62. The number of hydrogen-bond donors (Lipinski definition) is 1. The Morgan fingerprint density at radius 3 is 2.62 bits per heavy atom. The van der Waals surface area contributed by atoms with Crippen molar-refractivity contribution >= 4 is 5.97 Å². The van der Waals surface area contributed by atoms with E-state index >= 15 is 0 Å². The molecule has 2 rings (SSSR count). The number of furan rings is 1. The van der Waals surface area contributed by atoms with Gasteiger partial charge in [0.25, 0.3) is 0 Å². The third-order valence-corrected chi connectivity index (χ3v) is 4.36. The predicted molar refractivity (Wildman–Crippen MR) is 82.5 cm³/mol. The summed E-state index contributed by atoms with van der Waals surface area (Å²) in [6.07, 6.45) is 6.29. The lowest BCUT2D eigenvalue weighted by atomic mass is 10.1. The zero-order valence-electron chi connectivity index (χ0n) is 13.4. The zero-order valence-corrected chi connectivity index (χ0v) is 13.4. The minimum Gasteiger partial charge on any atom is -0.475 e. The number of aryl methyl sites for hydroxylation is 1. The molecule has 1 aromatic heterocycles. The summed E-state index contributed by atoms with van der Waals surface area (Å²) in [7, 11) is 0.